The van der Waals surface area contributed by atoms with Crippen LogP contribution in [0.5, 0.6) is 0 Å². The third-order valence-electron chi connectivity index (χ3n) is 4.60. The van der Waals surface area contributed by atoms with Crippen LogP contribution in [0.15, 0.2) is 57.8 Å². The van der Waals surface area contributed by atoms with Crippen molar-refractivity contribution in [3.8, 4) is 11.5 Å². The molecule has 1 saturated heterocycles. The van der Waals surface area contributed by atoms with E-state index in [1.807, 2.05) is 30.3 Å². The predicted molar refractivity (Wildman–Crippen MR) is 94.6 cm³/mol. The van der Waals surface area contributed by atoms with Crippen molar-refractivity contribution >= 4 is 10.0 Å². The number of furan rings is 1. The fourth-order valence-electron chi connectivity index (χ4n) is 3.16. The Morgan fingerprint density at radius 2 is 1.85 bits per heavy atom. The summed E-state index contributed by atoms with van der Waals surface area (Å²) in [4.78, 5) is 0. The molecule has 0 saturated carbocycles. The molecule has 3 heterocycles. The highest BCUT2D eigenvalue weighted by Crippen LogP contribution is 2.30. The number of nitrogens with zero attached hydrogens (tertiary/aromatic N) is 3. The minimum Gasteiger partial charge on any atom is -0.472 e. The Morgan fingerprint density at radius 3 is 2.54 bits per heavy atom. The lowest BCUT2D eigenvalue weighted by Crippen LogP contribution is -2.38. The largest absolute Gasteiger partial charge is 0.472 e. The lowest BCUT2D eigenvalue weighted by Gasteiger charge is -2.29. The molecule has 136 valence electrons. The summed E-state index contributed by atoms with van der Waals surface area (Å²) in [5.41, 5.74) is 1.54. The monoisotopic (exact) mass is 373 g/mol. The molecule has 0 radical (unpaired) electrons. The molecule has 1 aromatic carbocycles. The standard InChI is InChI=1S/C18H19N3O4S/c22-26(23,13-14-4-2-1-3-5-14)21-9-6-15(7-10-21)17-19-20-18(25-17)16-8-11-24-12-16/h1-5,8,11-12,15H,6-7,9-10,13H2. The number of rotatable bonds is 5. The number of benzene rings is 1. The average molecular weight is 373 g/mol. The maximum Gasteiger partial charge on any atom is 0.250 e. The second-order valence-electron chi connectivity index (χ2n) is 6.37. The molecule has 0 bridgehead atoms. The molecule has 0 spiro atoms. The van der Waals surface area contributed by atoms with E-state index in [0.717, 1.165) is 11.1 Å². The first-order chi connectivity index (χ1) is 12.6. The summed E-state index contributed by atoms with van der Waals surface area (Å²) in [6.07, 6.45) is 4.44. The van der Waals surface area contributed by atoms with Gasteiger partial charge in [-0.1, -0.05) is 30.3 Å². The topological polar surface area (TPSA) is 89.4 Å². The fraction of sp³-hybridized carbons (Fsp3) is 0.333. The maximum atomic E-state index is 12.6. The van der Waals surface area contributed by atoms with E-state index in [4.69, 9.17) is 8.83 Å². The minimum absolute atomic E-state index is 0.0315. The number of aromatic nitrogens is 2. The smallest absolute Gasteiger partial charge is 0.250 e. The molecule has 26 heavy (non-hydrogen) atoms. The third kappa shape index (κ3) is 3.56. The van der Waals surface area contributed by atoms with Crippen LogP contribution in [0.25, 0.3) is 11.5 Å². The van der Waals surface area contributed by atoms with Crippen LogP contribution in [0.3, 0.4) is 0 Å². The molecule has 1 fully saturated rings. The molecule has 7 nitrogen and oxygen atoms in total. The van der Waals surface area contributed by atoms with E-state index in [0.29, 0.717) is 37.7 Å². The molecule has 1 aliphatic heterocycles. The summed E-state index contributed by atoms with van der Waals surface area (Å²) in [6.45, 7) is 0.923. The molecular formula is C18H19N3O4S. The molecule has 1 aliphatic rings. The zero-order chi connectivity index (χ0) is 18.0. The zero-order valence-corrected chi connectivity index (χ0v) is 14.9. The van der Waals surface area contributed by atoms with Crippen molar-refractivity contribution in [2.75, 3.05) is 13.1 Å². The van der Waals surface area contributed by atoms with Crippen LogP contribution < -0.4 is 0 Å². The van der Waals surface area contributed by atoms with E-state index in [-0.39, 0.29) is 11.7 Å². The van der Waals surface area contributed by atoms with Crippen LogP contribution in [-0.4, -0.2) is 36.0 Å². The molecule has 0 N–H and O–H groups in total. The quantitative estimate of drug-likeness (QED) is 0.683. The van der Waals surface area contributed by atoms with Gasteiger partial charge < -0.3 is 8.83 Å². The zero-order valence-electron chi connectivity index (χ0n) is 14.1. The minimum atomic E-state index is -3.32. The van der Waals surface area contributed by atoms with E-state index in [9.17, 15) is 8.42 Å². The van der Waals surface area contributed by atoms with Crippen LogP contribution >= 0.6 is 0 Å². The highest BCUT2D eigenvalue weighted by atomic mass is 32.2. The molecule has 0 unspecified atom stereocenters. The lowest BCUT2D eigenvalue weighted by atomic mass is 9.98. The van der Waals surface area contributed by atoms with Gasteiger partial charge in [0, 0.05) is 19.0 Å². The average Bonchev–Trinajstić information content (AvgIpc) is 3.34. The van der Waals surface area contributed by atoms with E-state index in [1.165, 1.54) is 0 Å². The van der Waals surface area contributed by atoms with Crippen molar-refractivity contribution in [2.45, 2.75) is 24.5 Å². The van der Waals surface area contributed by atoms with Crippen LogP contribution in [-0.2, 0) is 15.8 Å². The first-order valence-electron chi connectivity index (χ1n) is 8.49. The number of hydrogen-bond acceptors (Lipinski definition) is 6. The maximum absolute atomic E-state index is 12.6. The van der Waals surface area contributed by atoms with Crippen LogP contribution in [0.2, 0.25) is 0 Å². The van der Waals surface area contributed by atoms with Gasteiger partial charge in [0.2, 0.25) is 15.9 Å². The molecular weight excluding hydrogens is 354 g/mol. The van der Waals surface area contributed by atoms with Crippen LogP contribution in [0.4, 0.5) is 0 Å². The van der Waals surface area contributed by atoms with E-state index in [2.05, 4.69) is 10.2 Å². The number of piperidine rings is 1. The highest BCUT2D eigenvalue weighted by molar-refractivity contribution is 7.88. The molecule has 0 aliphatic carbocycles. The van der Waals surface area contributed by atoms with E-state index >= 15 is 0 Å². The second kappa shape index (κ2) is 7.05. The van der Waals surface area contributed by atoms with Crippen molar-refractivity contribution in [1.82, 2.24) is 14.5 Å². The molecule has 0 amide bonds. The van der Waals surface area contributed by atoms with E-state index in [1.54, 1.807) is 22.9 Å². The predicted octanol–water partition coefficient (Wildman–Crippen LogP) is 3.04. The van der Waals surface area contributed by atoms with Crippen LogP contribution in [0, 0.1) is 0 Å². The summed E-state index contributed by atoms with van der Waals surface area (Å²) in [5.74, 6) is 1.09. The molecule has 4 rings (SSSR count). The molecule has 8 heteroatoms. The Morgan fingerprint density at radius 1 is 1.08 bits per heavy atom. The van der Waals surface area contributed by atoms with Crippen molar-refractivity contribution in [3.63, 3.8) is 0 Å². The normalized spacial score (nSPS) is 16.8. The number of hydrogen-bond donors (Lipinski definition) is 0. The Bertz CT molecular complexity index is 944. The van der Waals surface area contributed by atoms with Gasteiger partial charge in [-0.2, -0.15) is 0 Å². The van der Waals surface area contributed by atoms with Gasteiger partial charge in [0.25, 0.3) is 5.89 Å². The summed E-state index contributed by atoms with van der Waals surface area (Å²) >= 11 is 0. The van der Waals surface area contributed by atoms with Crippen molar-refractivity contribution in [1.29, 1.82) is 0 Å². The third-order valence-corrected chi connectivity index (χ3v) is 6.45. The van der Waals surface area contributed by atoms with Gasteiger partial charge in [-0.15, -0.1) is 10.2 Å². The van der Waals surface area contributed by atoms with Gasteiger partial charge in [-0.25, -0.2) is 12.7 Å². The summed E-state index contributed by atoms with van der Waals surface area (Å²) < 4.78 is 37.6. The number of sulfonamides is 1. The lowest BCUT2D eigenvalue weighted by molar-refractivity contribution is 0.291. The fourth-order valence-corrected chi connectivity index (χ4v) is 4.72. The first-order valence-corrected chi connectivity index (χ1v) is 10.1. The Kier molecular flexibility index (Phi) is 4.60. The van der Waals surface area contributed by atoms with E-state index < -0.39 is 10.0 Å². The van der Waals surface area contributed by atoms with Gasteiger partial charge in [-0.3, -0.25) is 0 Å². The Labute approximate surface area is 151 Å². The Balaban J connectivity index is 1.39. The summed E-state index contributed by atoms with van der Waals surface area (Å²) in [6, 6.07) is 11.0. The molecule has 0 atom stereocenters. The molecule has 3 aromatic rings. The van der Waals surface area contributed by atoms with Gasteiger partial charge in [-0.05, 0) is 24.5 Å². The summed E-state index contributed by atoms with van der Waals surface area (Å²) in [7, 11) is -3.32. The Hall–Kier alpha value is -2.45. The van der Waals surface area contributed by atoms with Crippen molar-refractivity contribution in [2.24, 2.45) is 0 Å². The SMILES string of the molecule is O=S(=O)(Cc1ccccc1)N1CCC(c2nnc(-c3ccoc3)o2)CC1. The van der Waals surface area contributed by atoms with Crippen LogP contribution in [0.1, 0.15) is 30.2 Å². The van der Waals surface area contributed by atoms with Gasteiger partial charge in [0.1, 0.15) is 6.26 Å². The van der Waals surface area contributed by atoms with Crippen molar-refractivity contribution in [3.05, 3.63) is 60.4 Å². The first kappa shape index (κ1) is 17.0. The molecule has 2 aromatic heterocycles. The van der Waals surface area contributed by atoms with Gasteiger partial charge in [0.15, 0.2) is 0 Å². The van der Waals surface area contributed by atoms with Gasteiger partial charge >= 0.3 is 0 Å². The van der Waals surface area contributed by atoms with Gasteiger partial charge in [0.05, 0.1) is 17.6 Å². The van der Waals surface area contributed by atoms with Crippen molar-refractivity contribution < 1.29 is 17.3 Å². The highest BCUT2D eigenvalue weighted by Gasteiger charge is 2.31. The second-order valence-corrected chi connectivity index (χ2v) is 8.34. The summed E-state index contributed by atoms with van der Waals surface area (Å²) in [5, 5.41) is 8.17.